The van der Waals surface area contributed by atoms with Crippen molar-refractivity contribution in [2.24, 2.45) is 11.5 Å². The van der Waals surface area contributed by atoms with Gasteiger partial charge in [0.05, 0.1) is 12.6 Å². The number of Topliss-reactive ketones (excluding diaryl/α,β-unsaturated/α-hetero) is 1. The van der Waals surface area contributed by atoms with Crippen LogP contribution in [-0.2, 0) is 16.0 Å². The van der Waals surface area contributed by atoms with Gasteiger partial charge in [0.2, 0.25) is 11.7 Å². The molecular formula is C14H19F2N5O2. The summed E-state index contributed by atoms with van der Waals surface area (Å²) in [6.45, 7) is 0.00740. The molecule has 0 aliphatic heterocycles. The van der Waals surface area contributed by atoms with Crippen LogP contribution in [0.5, 0.6) is 0 Å². The smallest absolute Gasteiger partial charge is 0.323 e. The fourth-order valence-electron chi connectivity index (χ4n) is 1.82. The number of nitrogens with one attached hydrogen (secondary N) is 3. The van der Waals surface area contributed by atoms with E-state index in [2.05, 4.69) is 5.32 Å². The lowest BCUT2D eigenvalue weighted by Crippen LogP contribution is -2.49. The Kier molecular flexibility index (Phi) is 6.14. The molecule has 7 N–H and O–H groups in total. The fourth-order valence-corrected chi connectivity index (χ4v) is 1.82. The van der Waals surface area contributed by atoms with E-state index in [1.54, 1.807) is 24.3 Å². The van der Waals surface area contributed by atoms with Crippen molar-refractivity contribution in [2.75, 3.05) is 11.9 Å². The SMILES string of the molecule is CC(=O)NCC(F)(F)C(=O)[C@@H](N)Cc1ccc(NC(=N)N)cc1. The summed E-state index contributed by atoms with van der Waals surface area (Å²) in [4.78, 5) is 22.4. The normalized spacial score (nSPS) is 12.3. The number of rotatable bonds is 7. The van der Waals surface area contributed by atoms with Crippen LogP contribution in [-0.4, -0.2) is 36.2 Å². The van der Waals surface area contributed by atoms with Gasteiger partial charge in [0, 0.05) is 12.6 Å². The first-order valence-electron chi connectivity index (χ1n) is 6.74. The summed E-state index contributed by atoms with van der Waals surface area (Å²) in [5, 5.41) is 11.5. The van der Waals surface area contributed by atoms with Gasteiger partial charge in [-0.3, -0.25) is 15.0 Å². The zero-order valence-electron chi connectivity index (χ0n) is 12.5. The van der Waals surface area contributed by atoms with E-state index in [4.69, 9.17) is 16.9 Å². The molecule has 23 heavy (non-hydrogen) atoms. The third-order valence-electron chi connectivity index (χ3n) is 2.95. The number of alkyl halides is 2. The minimum absolute atomic E-state index is 0.0746. The maximum Gasteiger partial charge on any atom is 0.323 e. The lowest BCUT2D eigenvalue weighted by molar-refractivity contribution is -0.144. The highest BCUT2D eigenvalue weighted by Crippen LogP contribution is 2.18. The summed E-state index contributed by atoms with van der Waals surface area (Å²) in [7, 11) is 0. The Morgan fingerprint density at radius 1 is 1.30 bits per heavy atom. The van der Waals surface area contributed by atoms with Crippen molar-refractivity contribution in [1.82, 2.24) is 5.32 Å². The number of hydrogen-bond acceptors (Lipinski definition) is 4. The number of benzene rings is 1. The Labute approximate surface area is 131 Å². The molecule has 0 aromatic heterocycles. The van der Waals surface area contributed by atoms with Gasteiger partial charge < -0.3 is 22.1 Å². The first-order chi connectivity index (χ1) is 10.6. The van der Waals surface area contributed by atoms with E-state index in [1.165, 1.54) is 0 Å². The third-order valence-corrected chi connectivity index (χ3v) is 2.95. The average molecular weight is 327 g/mol. The van der Waals surface area contributed by atoms with E-state index >= 15 is 0 Å². The minimum Gasteiger partial charge on any atom is -0.370 e. The summed E-state index contributed by atoms with van der Waals surface area (Å²) in [5.74, 6) is -6.04. The Hall–Kier alpha value is -2.55. The first kappa shape index (κ1) is 18.5. The summed E-state index contributed by atoms with van der Waals surface area (Å²) in [5.41, 5.74) is 11.9. The summed E-state index contributed by atoms with van der Waals surface area (Å²) in [6.07, 6.45) is -0.0746. The van der Waals surface area contributed by atoms with Crippen molar-refractivity contribution in [2.45, 2.75) is 25.3 Å². The van der Waals surface area contributed by atoms with Gasteiger partial charge in [-0.1, -0.05) is 12.1 Å². The number of anilines is 1. The van der Waals surface area contributed by atoms with Crippen LogP contribution < -0.4 is 22.1 Å². The highest BCUT2D eigenvalue weighted by atomic mass is 19.3. The van der Waals surface area contributed by atoms with Gasteiger partial charge in [0.15, 0.2) is 5.96 Å². The Morgan fingerprint density at radius 3 is 2.35 bits per heavy atom. The van der Waals surface area contributed by atoms with Crippen molar-refractivity contribution >= 4 is 23.3 Å². The van der Waals surface area contributed by atoms with Gasteiger partial charge in [-0.05, 0) is 24.1 Å². The summed E-state index contributed by atoms with van der Waals surface area (Å²) < 4.78 is 27.3. The molecule has 0 unspecified atom stereocenters. The fraction of sp³-hybridized carbons (Fsp3) is 0.357. The molecule has 0 fully saturated rings. The number of guanidine groups is 1. The molecule has 7 nitrogen and oxygen atoms in total. The van der Waals surface area contributed by atoms with E-state index in [0.717, 1.165) is 6.92 Å². The molecule has 1 rings (SSSR count). The van der Waals surface area contributed by atoms with Crippen molar-refractivity contribution in [3.63, 3.8) is 0 Å². The quantitative estimate of drug-likeness (QED) is 0.360. The number of nitrogens with two attached hydrogens (primary N) is 2. The second kappa shape index (κ2) is 7.63. The second-order valence-corrected chi connectivity index (χ2v) is 5.02. The molecular weight excluding hydrogens is 308 g/mol. The lowest BCUT2D eigenvalue weighted by Gasteiger charge is -2.19. The summed E-state index contributed by atoms with van der Waals surface area (Å²) >= 11 is 0. The number of amides is 1. The zero-order valence-corrected chi connectivity index (χ0v) is 12.5. The van der Waals surface area contributed by atoms with Gasteiger partial charge in [-0.25, -0.2) is 0 Å². The molecule has 0 saturated carbocycles. The van der Waals surface area contributed by atoms with Gasteiger partial charge in [-0.15, -0.1) is 0 Å². The van der Waals surface area contributed by atoms with Gasteiger partial charge in [-0.2, -0.15) is 8.78 Å². The predicted molar refractivity (Wildman–Crippen MR) is 82.3 cm³/mol. The van der Waals surface area contributed by atoms with Crippen LogP contribution in [0.1, 0.15) is 12.5 Å². The van der Waals surface area contributed by atoms with E-state index < -0.39 is 30.2 Å². The molecule has 1 amide bonds. The van der Waals surface area contributed by atoms with Crippen LogP contribution in [0, 0.1) is 5.41 Å². The lowest BCUT2D eigenvalue weighted by atomic mass is 9.99. The van der Waals surface area contributed by atoms with E-state index in [9.17, 15) is 18.4 Å². The molecule has 0 heterocycles. The molecule has 1 aromatic rings. The van der Waals surface area contributed by atoms with Crippen LogP contribution in [0.15, 0.2) is 24.3 Å². The highest BCUT2D eigenvalue weighted by molar-refractivity contribution is 5.91. The van der Waals surface area contributed by atoms with Gasteiger partial charge in [0.1, 0.15) is 0 Å². The van der Waals surface area contributed by atoms with Crippen molar-refractivity contribution in [3.8, 4) is 0 Å². The number of carbonyl (C=O) groups is 2. The number of ketones is 1. The Morgan fingerprint density at radius 2 is 1.87 bits per heavy atom. The Bertz CT molecular complexity index is 589. The highest BCUT2D eigenvalue weighted by Gasteiger charge is 2.41. The predicted octanol–water partition coefficient (Wildman–Crippen LogP) is 0.202. The third kappa shape index (κ3) is 5.99. The maximum absolute atomic E-state index is 13.6. The number of hydrogen-bond donors (Lipinski definition) is 5. The molecule has 1 atom stereocenters. The number of halogens is 2. The van der Waals surface area contributed by atoms with Crippen molar-refractivity contribution < 1.29 is 18.4 Å². The molecule has 0 aliphatic rings. The van der Waals surface area contributed by atoms with Crippen LogP contribution in [0.3, 0.4) is 0 Å². The minimum atomic E-state index is -3.72. The Balaban J connectivity index is 2.67. The number of carbonyl (C=O) groups excluding carboxylic acids is 2. The molecule has 0 radical (unpaired) electrons. The van der Waals surface area contributed by atoms with Gasteiger partial charge in [0.25, 0.3) is 0 Å². The molecule has 0 aliphatic carbocycles. The van der Waals surface area contributed by atoms with E-state index in [0.29, 0.717) is 11.3 Å². The molecule has 1 aromatic carbocycles. The largest absolute Gasteiger partial charge is 0.370 e. The van der Waals surface area contributed by atoms with Crippen LogP contribution >= 0.6 is 0 Å². The monoisotopic (exact) mass is 327 g/mol. The van der Waals surface area contributed by atoms with Gasteiger partial charge >= 0.3 is 5.92 Å². The van der Waals surface area contributed by atoms with Crippen molar-refractivity contribution in [1.29, 1.82) is 5.41 Å². The topological polar surface area (TPSA) is 134 Å². The standard InChI is InChI=1S/C14H19F2N5O2/c1-8(22)20-7-14(15,16)12(23)11(17)6-9-2-4-10(5-3-9)21-13(18)19/h2-5,11H,6-7,17H2,1H3,(H,20,22)(H4,18,19,21)/t11-/m0/s1. The van der Waals surface area contributed by atoms with Crippen LogP contribution in [0.2, 0.25) is 0 Å². The van der Waals surface area contributed by atoms with E-state index in [-0.39, 0.29) is 12.4 Å². The van der Waals surface area contributed by atoms with Crippen LogP contribution in [0.4, 0.5) is 14.5 Å². The maximum atomic E-state index is 13.6. The summed E-state index contributed by atoms with van der Waals surface area (Å²) in [6, 6.07) is 4.95. The first-order valence-corrected chi connectivity index (χ1v) is 6.74. The van der Waals surface area contributed by atoms with Crippen molar-refractivity contribution in [3.05, 3.63) is 29.8 Å². The van der Waals surface area contributed by atoms with E-state index in [1.807, 2.05) is 5.32 Å². The second-order valence-electron chi connectivity index (χ2n) is 5.02. The van der Waals surface area contributed by atoms with Crippen LogP contribution in [0.25, 0.3) is 0 Å². The molecule has 9 heteroatoms. The zero-order chi connectivity index (χ0) is 17.6. The molecule has 0 spiro atoms. The average Bonchev–Trinajstić information content (AvgIpc) is 2.46. The molecule has 0 saturated heterocycles. The molecule has 126 valence electrons. The molecule has 0 bridgehead atoms.